The zero-order chi connectivity index (χ0) is 13.7. The van der Waals surface area contributed by atoms with Crippen molar-refractivity contribution in [3.05, 3.63) is 28.5 Å². The Bertz CT molecular complexity index is 422. The molecular weight excluding hydrogens is 306 g/mol. The molecule has 1 heterocycles. The molecule has 1 aliphatic carbocycles. The average molecular weight is 326 g/mol. The Kier molecular flexibility index (Phi) is 5.11. The summed E-state index contributed by atoms with van der Waals surface area (Å²) in [6.07, 6.45) is 8.35. The smallest absolute Gasteiger partial charge is 0.170 e. The fraction of sp³-hybridized carbons (Fsp3) is 0.600. The molecule has 0 atom stereocenters. The van der Waals surface area contributed by atoms with Gasteiger partial charge in [0.1, 0.15) is 5.60 Å². The normalized spacial score (nSPS) is 18.8. The Hall–Kier alpha value is -0.740. The van der Waals surface area contributed by atoms with Crippen LogP contribution >= 0.6 is 15.9 Å². The third-order valence-corrected chi connectivity index (χ3v) is 4.41. The molecule has 4 heteroatoms. The van der Waals surface area contributed by atoms with Gasteiger partial charge in [0, 0.05) is 23.5 Å². The average Bonchev–Trinajstić information content (AvgIpc) is 2.67. The van der Waals surface area contributed by atoms with Gasteiger partial charge in [-0.2, -0.15) is 0 Å². The Morgan fingerprint density at radius 2 is 2.00 bits per heavy atom. The van der Waals surface area contributed by atoms with Gasteiger partial charge in [0.2, 0.25) is 0 Å². The largest absolute Gasteiger partial charge is 0.370 e. The number of Topliss-reactive ketones (excluding diaryl/α,β-unsaturated/α-hetero) is 1. The summed E-state index contributed by atoms with van der Waals surface area (Å²) < 4.78 is 6.56. The molecule has 0 unspecified atom stereocenters. The molecule has 19 heavy (non-hydrogen) atoms. The molecule has 0 bridgehead atoms. The minimum Gasteiger partial charge on any atom is -0.370 e. The van der Waals surface area contributed by atoms with Crippen molar-refractivity contribution >= 4 is 21.7 Å². The first kappa shape index (κ1) is 14.7. The lowest BCUT2D eigenvalue weighted by molar-refractivity contribution is -0.142. The summed E-state index contributed by atoms with van der Waals surface area (Å²) in [5, 5.41) is 0. The van der Waals surface area contributed by atoms with E-state index in [1.54, 1.807) is 13.3 Å². The number of ketones is 1. The molecule has 1 aliphatic rings. The highest BCUT2D eigenvalue weighted by Crippen LogP contribution is 2.31. The van der Waals surface area contributed by atoms with Crippen molar-refractivity contribution in [3.63, 3.8) is 0 Å². The summed E-state index contributed by atoms with van der Waals surface area (Å²) in [6, 6.07) is 3.81. The topological polar surface area (TPSA) is 39.2 Å². The predicted octanol–water partition coefficient (Wildman–Crippen LogP) is 3.70. The SMILES string of the molecule is COC1(C(=O)Cc2ccc(Br)cn2)CCCCCC1. The second kappa shape index (κ2) is 6.62. The number of halogens is 1. The number of pyridine rings is 1. The lowest BCUT2D eigenvalue weighted by Crippen LogP contribution is -2.41. The fourth-order valence-corrected chi connectivity index (χ4v) is 2.97. The van der Waals surface area contributed by atoms with Crippen molar-refractivity contribution in [2.24, 2.45) is 0 Å². The molecule has 1 aromatic heterocycles. The van der Waals surface area contributed by atoms with Crippen LogP contribution in [-0.2, 0) is 16.0 Å². The summed E-state index contributed by atoms with van der Waals surface area (Å²) in [6.45, 7) is 0. The molecule has 2 rings (SSSR count). The number of methoxy groups -OCH3 is 1. The van der Waals surface area contributed by atoms with Crippen LogP contribution < -0.4 is 0 Å². The van der Waals surface area contributed by atoms with E-state index in [2.05, 4.69) is 20.9 Å². The number of hydrogen-bond donors (Lipinski definition) is 0. The molecule has 0 spiro atoms. The lowest BCUT2D eigenvalue weighted by Gasteiger charge is -2.29. The van der Waals surface area contributed by atoms with Crippen LogP contribution in [0.25, 0.3) is 0 Å². The molecular formula is C15H20BrNO2. The number of carbonyl (C=O) groups is 1. The van der Waals surface area contributed by atoms with Crippen LogP contribution in [0, 0.1) is 0 Å². The van der Waals surface area contributed by atoms with Crippen molar-refractivity contribution in [2.45, 2.75) is 50.5 Å². The molecule has 3 nitrogen and oxygen atoms in total. The molecule has 0 saturated heterocycles. The Balaban J connectivity index is 2.09. The van der Waals surface area contributed by atoms with E-state index in [0.29, 0.717) is 6.42 Å². The van der Waals surface area contributed by atoms with E-state index in [-0.39, 0.29) is 5.78 Å². The van der Waals surface area contributed by atoms with Gasteiger partial charge < -0.3 is 4.74 Å². The van der Waals surface area contributed by atoms with E-state index < -0.39 is 5.60 Å². The van der Waals surface area contributed by atoms with Crippen LogP contribution in [0.2, 0.25) is 0 Å². The van der Waals surface area contributed by atoms with Gasteiger partial charge in [-0.15, -0.1) is 0 Å². The van der Waals surface area contributed by atoms with Crippen LogP contribution in [0.4, 0.5) is 0 Å². The zero-order valence-corrected chi connectivity index (χ0v) is 12.9. The molecule has 1 aromatic rings. The van der Waals surface area contributed by atoms with Gasteiger partial charge >= 0.3 is 0 Å². The highest BCUT2D eigenvalue weighted by Gasteiger charge is 2.38. The third-order valence-electron chi connectivity index (χ3n) is 3.94. The predicted molar refractivity (Wildman–Crippen MR) is 78.1 cm³/mol. The van der Waals surface area contributed by atoms with Crippen molar-refractivity contribution < 1.29 is 9.53 Å². The summed E-state index contributed by atoms with van der Waals surface area (Å²) in [5.41, 5.74) is 0.236. The number of hydrogen-bond acceptors (Lipinski definition) is 3. The molecule has 0 amide bonds. The lowest BCUT2D eigenvalue weighted by atomic mass is 9.87. The van der Waals surface area contributed by atoms with Crippen LogP contribution in [0.3, 0.4) is 0 Å². The van der Waals surface area contributed by atoms with Crippen LogP contribution in [0.15, 0.2) is 22.8 Å². The van der Waals surface area contributed by atoms with E-state index in [0.717, 1.165) is 35.8 Å². The highest BCUT2D eigenvalue weighted by atomic mass is 79.9. The second-order valence-corrected chi connectivity index (χ2v) is 6.10. The van der Waals surface area contributed by atoms with Crippen molar-refractivity contribution in [1.29, 1.82) is 0 Å². The molecule has 0 radical (unpaired) electrons. The van der Waals surface area contributed by atoms with Crippen LogP contribution in [0.1, 0.15) is 44.2 Å². The quantitative estimate of drug-likeness (QED) is 0.792. The monoisotopic (exact) mass is 325 g/mol. The highest BCUT2D eigenvalue weighted by molar-refractivity contribution is 9.10. The van der Waals surface area contributed by atoms with Crippen molar-refractivity contribution in [2.75, 3.05) is 7.11 Å². The number of ether oxygens (including phenoxy) is 1. The van der Waals surface area contributed by atoms with Crippen molar-refractivity contribution in [1.82, 2.24) is 4.98 Å². The Labute approximate surface area is 122 Å². The maximum absolute atomic E-state index is 12.6. The molecule has 0 N–H and O–H groups in total. The summed E-state index contributed by atoms with van der Waals surface area (Å²) >= 11 is 3.35. The minimum absolute atomic E-state index is 0.173. The summed E-state index contributed by atoms with van der Waals surface area (Å²) in [5.74, 6) is 0.173. The van der Waals surface area contributed by atoms with Gasteiger partial charge in [-0.3, -0.25) is 9.78 Å². The molecule has 1 fully saturated rings. The fourth-order valence-electron chi connectivity index (χ4n) is 2.73. The van der Waals surface area contributed by atoms with E-state index >= 15 is 0 Å². The standard InChI is InChI=1S/C15H20BrNO2/c1-19-15(8-4-2-3-5-9-15)14(18)10-13-7-6-12(16)11-17-13/h6-7,11H,2-5,8-10H2,1H3. The maximum atomic E-state index is 12.6. The van der Waals surface area contributed by atoms with Crippen LogP contribution in [0.5, 0.6) is 0 Å². The van der Waals surface area contributed by atoms with Gasteiger partial charge in [0.25, 0.3) is 0 Å². The van der Waals surface area contributed by atoms with Gasteiger partial charge in [-0.05, 0) is 40.9 Å². The number of rotatable bonds is 4. The first-order valence-electron chi connectivity index (χ1n) is 6.85. The first-order valence-corrected chi connectivity index (χ1v) is 7.64. The van der Waals surface area contributed by atoms with Gasteiger partial charge in [0.05, 0.1) is 6.42 Å². The molecule has 0 aliphatic heterocycles. The van der Waals surface area contributed by atoms with E-state index in [4.69, 9.17) is 4.74 Å². The number of carbonyl (C=O) groups excluding carboxylic acids is 1. The Morgan fingerprint density at radius 3 is 2.53 bits per heavy atom. The van der Waals surface area contributed by atoms with Gasteiger partial charge in [-0.25, -0.2) is 0 Å². The molecule has 1 saturated carbocycles. The van der Waals surface area contributed by atoms with Gasteiger partial charge in [-0.1, -0.05) is 25.7 Å². The van der Waals surface area contributed by atoms with E-state index in [9.17, 15) is 4.79 Å². The third kappa shape index (κ3) is 3.63. The number of aromatic nitrogens is 1. The Morgan fingerprint density at radius 1 is 1.32 bits per heavy atom. The maximum Gasteiger partial charge on any atom is 0.170 e. The summed E-state index contributed by atoms with van der Waals surface area (Å²) in [4.78, 5) is 16.9. The molecule has 104 valence electrons. The van der Waals surface area contributed by atoms with Gasteiger partial charge in [0.15, 0.2) is 5.78 Å². The van der Waals surface area contributed by atoms with Crippen LogP contribution in [-0.4, -0.2) is 23.5 Å². The molecule has 0 aromatic carbocycles. The summed E-state index contributed by atoms with van der Waals surface area (Å²) in [7, 11) is 1.66. The first-order chi connectivity index (χ1) is 9.16. The van der Waals surface area contributed by atoms with E-state index in [1.165, 1.54) is 12.8 Å². The zero-order valence-electron chi connectivity index (χ0n) is 11.3. The van der Waals surface area contributed by atoms with E-state index in [1.807, 2.05) is 12.1 Å². The van der Waals surface area contributed by atoms with Crippen molar-refractivity contribution in [3.8, 4) is 0 Å². The second-order valence-electron chi connectivity index (χ2n) is 5.18. The number of nitrogens with zero attached hydrogens (tertiary/aromatic N) is 1. The minimum atomic E-state index is -0.578.